The minimum absolute atomic E-state index is 0.240. The minimum atomic E-state index is 0.240. The van der Waals surface area contributed by atoms with Crippen molar-refractivity contribution in [2.45, 2.75) is 25.7 Å². The first-order valence-electron chi connectivity index (χ1n) is 7.76. The Morgan fingerprint density at radius 2 is 1.52 bits per heavy atom. The van der Waals surface area contributed by atoms with E-state index in [-0.39, 0.29) is 5.41 Å². The van der Waals surface area contributed by atoms with Gasteiger partial charge in [-0.2, -0.15) is 0 Å². The number of hydrogen-bond acceptors (Lipinski definition) is 2. The zero-order chi connectivity index (χ0) is 14.5. The summed E-state index contributed by atoms with van der Waals surface area (Å²) in [5, 5.41) is 0. The summed E-state index contributed by atoms with van der Waals surface area (Å²) >= 11 is 0. The first-order valence-corrected chi connectivity index (χ1v) is 7.76. The molecule has 0 unspecified atom stereocenters. The lowest BCUT2D eigenvalue weighted by Crippen LogP contribution is -2.31. The quantitative estimate of drug-likeness (QED) is 0.821. The van der Waals surface area contributed by atoms with E-state index >= 15 is 0 Å². The van der Waals surface area contributed by atoms with Crippen molar-refractivity contribution in [1.82, 2.24) is 0 Å². The van der Waals surface area contributed by atoms with Gasteiger partial charge >= 0.3 is 0 Å². The Labute approximate surface area is 126 Å². The van der Waals surface area contributed by atoms with Gasteiger partial charge in [-0.25, -0.2) is 0 Å². The average Bonchev–Trinajstić information content (AvgIpc) is 2.92. The number of para-hydroxylation sites is 1. The first-order chi connectivity index (χ1) is 10.3. The molecule has 0 aromatic heterocycles. The van der Waals surface area contributed by atoms with Crippen LogP contribution in [-0.2, 0) is 12.8 Å². The van der Waals surface area contributed by atoms with Gasteiger partial charge in [0.2, 0.25) is 0 Å². The van der Waals surface area contributed by atoms with Crippen molar-refractivity contribution in [3.05, 3.63) is 65.7 Å². The molecule has 110 valence electrons. The van der Waals surface area contributed by atoms with E-state index in [9.17, 15) is 0 Å². The van der Waals surface area contributed by atoms with Crippen LogP contribution in [0.1, 0.15) is 24.0 Å². The second-order valence-electron chi connectivity index (χ2n) is 6.09. The van der Waals surface area contributed by atoms with Gasteiger partial charge in [-0.3, -0.25) is 0 Å². The lowest BCUT2D eigenvalue weighted by atomic mass is 9.80. The maximum atomic E-state index is 6.10. The molecule has 0 radical (unpaired) electrons. The van der Waals surface area contributed by atoms with Crippen LogP contribution in [0.4, 0.5) is 0 Å². The summed E-state index contributed by atoms with van der Waals surface area (Å²) in [6, 6.07) is 18.8. The van der Waals surface area contributed by atoms with Crippen LogP contribution in [0, 0.1) is 5.41 Å². The maximum absolute atomic E-state index is 6.10. The van der Waals surface area contributed by atoms with Gasteiger partial charge < -0.3 is 10.5 Å². The summed E-state index contributed by atoms with van der Waals surface area (Å²) in [4.78, 5) is 0. The van der Waals surface area contributed by atoms with Crippen LogP contribution in [0.15, 0.2) is 54.6 Å². The molecule has 0 fully saturated rings. The van der Waals surface area contributed by atoms with E-state index in [1.807, 2.05) is 30.3 Å². The number of nitrogens with two attached hydrogens (primary N) is 1. The van der Waals surface area contributed by atoms with Crippen molar-refractivity contribution >= 4 is 0 Å². The first kappa shape index (κ1) is 14.2. The van der Waals surface area contributed by atoms with Crippen molar-refractivity contribution in [2.75, 3.05) is 13.2 Å². The fraction of sp³-hybridized carbons (Fsp3) is 0.368. The predicted molar refractivity (Wildman–Crippen MR) is 86.5 cm³/mol. The molecule has 0 bridgehead atoms. The molecule has 2 nitrogen and oxygen atoms in total. The fourth-order valence-electron chi connectivity index (χ4n) is 3.35. The van der Waals surface area contributed by atoms with E-state index < -0.39 is 0 Å². The van der Waals surface area contributed by atoms with E-state index in [0.29, 0.717) is 0 Å². The average molecular weight is 281 g/mol. The zero-order valence-corrected chi connectivity index (χ0v) is 12.4. The molecule has 0 heterocycles. The fourth-order valence-corrected chi connectivity index (χ4v) is 3.35. The molecule has 0 aliphatic heterocycles. The summed E-state index contributed by atoms with van der Waals surface area (Å²) in [6.07, 6.45) is 4.42. The smallest absolute Gasteiger partial charge is 0.119 e. The van der Waals surface area contributed by atoms with Crippen LogP contribution < -0.4 is 10.5 Å². The Kier molecular flexibility index (Phi) is 4.26. The van der Waals surface area contributed by atoms with E-state index in [2.05, 4.69) is 24.3 Å². The largest absolute Gasteiger partial charge is 0.494 e. The van der Waals surface area contributed by atoms with Crippen LogP contribution in [0.25, 0.3) is 0 Å². The Balaban J connectivity index is 1.52. The highest BCUT2D eigenvalue weighted by Gasteiger charge is 2.35. The number of hydrogen-bond donors (Lipinski definition) is 1. The number of benzene rings is 2. The lowest BCUT2D eigenvalue weighted by molar-refractivity contribution is 0.236. The molecule has 0 saturated heterocycles. The minimum Gasteiger partial charge on any atom is -0.494 e. The molecular formula is C19H23NO. The van der Waals surface area contributed by atoms with Crippen LogP contribution in [-0.4, -0.2) is 13.2 Å². The van der Waals surface area contributed by atoms with Crippen molar-refractivity contribution < 1.29 is 4.74 Å². The third-order valence-corrected chi connectivity index (χ3v) is 4.55. The van der Waals surface area contributed by atoms with Gasteiger partial charge in [-0.15, -0.1) is 0 Å². The van der Waals surface area contributed by atoms with Crippen molar-refractivity contribution in [2.24, 2.45) is 11.1 Å². The predicted octanol–water partition coefficient (Wildman–Crippen LogP) is 3.59. The van der Waals surface area contributed by atoms with Gasteiger partial charge in [0.1, 0.15) is 5.75 Å². The summed E-state index contributed by atoms with van der Waals surface area (Å²) in [7, 11) is 0. The van der Waals surface area contributed by atoms with Gasteiger partial charge in [-0.05, 0) is 60.9 Å². The SMILES string of the molecule is NCC1(CCCOc2ccccc2)Cc2ccccc2C1. The molecule has 21 heavy (non-hydrogen) atoms. The van der Waals surface area contributed by atoms with E-state index in [1.54, 1.807) is 0 Å². The molecule has 2 aromatic carbocycles. The summed E-state index contributed by atoms with van der Waals surface area (Å²) < 4.78 is 5.79. The third-order valence-electron chi connectivity index (χ3n) is 4.55. The van der Waals surface area contributed by atoms with Gasteiger partial charge in [-0.1, -0.05) is 42.5 Å². The van der Waals surface area contributed by atoms with E-state index in [1.165, 1.54) is 11.1 Å². The summed E-state index contributed by atoms with van der Waals surface area (Å²) in [6.45, 7) is 1.52. The number of ether oxygens (including phenoxy) is 1. The monoisotopic (exact) mass is 281 g/mol. The maximum Gasteiger partial charge on any atom is 0.119 e. The van der Waals surface area contributed by atoms with Gasteiger partial charge in [0.25, 0.3) is 0 Å². The standard InChI is InChI=1S/C19H23NO/c20-15-19(13-16-7-4-5-8-17(16)14-19)11-6-12-21-18-9-2-1-3-10-18/h1-5,7-10H,6,11-15,20H2. The molecule has 0 spiro atoms. The molecule has 2 aromatic rings. The molecule has 0 saturated carbocycles. The Morgan fingerprint density at radius 3 is 2.14 bits per heavy atom. The third kappa shape index (κ3) is 3.27. The zero-order valence-electron chi connectivity index (χ0n) is 12.4. The number of rotatable bonds is 6. The van der Waals surface area contributed by atoms with Crippen molar-refractivity contribution in [3.63, 3.8) is 0 Å². The van der Waals surface area contributed by atoms with Gasteiger partial charge in [0.05, 0.1) is 6.61 Å². The molecular weight excluding hydrogens is 258 g/mol. The Bertz CT molecular complexity index is 554. The topological polar surface area (TPSA) is 35.2 Å². The van der Waals surface area contributed by atoms with Crippen molar-refractivity contribution in [3.8, 4) is 5.75 Å². The van der Waals surface area contributed by atoms with Crippen LogP contribution in [0.3, 0.4) is 0 Å². The molecule has 2 N–H and O–H groups in total. The Hall–Kier alpha value is -1.80. The second kappa shape index (κ2) is 6.31. The number of fused-ring (bicyclic) bond motifs is 1. The second-order valence-corrected chi connectivity index (χ2v) is 6.09. The highest BCUT2D eigenvalue weighted by Crippen LogP contribution is 2.39. The Morgan fingerprint density at radius 1 is 0.905 bits per heavy atom. The molecule has 0 atom stereocenters. The van der Waals surface area contributed by atoms with Crippen LogP contribution in [0.5, 0.6) is 5.75 Å². The summed E-state index contributed by atoms with van der Waals surface area (Å²) in [5.74, 6) is 0.953. The molecule has 1 aliphatic rings. The lowest BCUT2D eigenvalue weighted by Gasteiger charge is -2.27. The molecule has 3 rings (SSSR count). The van der Waals surface area contributed by atoms with E-state index in [4.69, 9.17) is 10.5 Å². The normalized spacial score (nSPS) is 15.7. The van der Waals surface area contributed by atoms with Gasteiger partial charge in [0.15, 0.2) is 0 Å². The van der Waals surface area contributed by atoms with Crippen LogP contribution >= 0.6 is 0 Å². The van der Waals surface area contributed by atoms with Crippen molar-refractivity contribution in [1.29, 1.82) is 0 Å². The highest BCUT2D eigenvalue weighted by atomic mass is 16.5. The van der Waals surface area contributed by atoms with Crippen LogP contribution in [0.2, 0.25) is 0 Å². The molecule has 2 heteroatoms. The van der Waals surface area contributed by atoms with Gasteiger partial charge in [0, 0.05) is 0 Å². The highest BCUT2D eigenvalue weighted by molar-refractivity contribution is 5.34. The summed E-state index contributed by atoms with van der Waals surface area (Å²) in [5.41, 5.74) is 9.30. The molecule has 1 aliphatic carbocycles. The molecule has 0 amide bonds. The van der Waals surface area contributed by atoms with E-state index in [0.717, 1.165) is 44.6 Å².